The van der Waals surface area contributed by atoms with Crippen LogP contribution in [-0.4, -0.2) is 10.8 Å². The minimum Gasteiger partial charge on any atom is -0.487 e. The van der Waals surface area contributed by atoms with E-state index in [1.807, 2.05) is 36.4 Å². The monoisotopic (exact) mass is 309 g/mol. The zero-order chi connectivity index (χ0) is 16.1. The van der Waals surface area contributed by atoms with E-state index in [-0.39, 0.29) is 5.92 Å². The molecule has 0 radical (unpaired) electrons. The summed E-state index contributed by atoms with van der Waals surface area (Å²) >= 11 is 0. The highest BCUT2D eigenvalue weighted by atomic mass is 16.5. The number of hydrogen-bond acceptors (Lipinski definition) is 3. The number of fused-ring (bicyclic) bond motifs is 1. The number of Topliss-reactive ketones (excluding diaryl/α,β-unsaturated/α-hetero) is 1. The highest BCUT2D eigenvalue weighted by Crippen LogP contribution is 2.31. The van der Waals surface area contributed by atoms with E-state index in [0.29, 0.717) is 12.4 Å². The van der Waals surface area contributed by atoms with Gasteiger partial charge in [0.05, 0.1) is 5.69 Å². The molecule has 3 heteroatoms. The van der Waals surface area contributed by atoms with Crippen LogP contribution in [0.25, 0.3) is 0 Å². The van der Waals surface area contributed by atoms with Gasteiger partial charge in [-0.25, -0.2) is 0 Å². The number of rotatable bonds is 6. The first kappa shape index (κ1) is 15.7. The third-order valence-electron chi connectivity index (χ3n) is 4.50. The molecule has 1 atom stereocenters. The summed E-state index contributed by atoms with van der Waals surface area (Å²) in [6.45, 7) is 2.60. The average Bonchev–Trinajstić information content (AvgIpc) is 2.60. The molecule has 0 aliphatic heterocycles. The van der Waals surface area contributed by atoms with Gasteiger partial charge in [0.15, 0.2) is 5.78 Å². The number of nitrogens with zero attached hydrogens (tertiary/aromatic N) is 1. The number of aromatic nitrogens is 1. The lowest BCUT2D eigenvalue weighted by atomic mass is 9.80. The van der Waals surface area contributed by atoms with Crippen molar-refractivity contribution in [3.8, 4) is 5.75 Å². The first-order valence-corrected chi connectivity index (χ1v) is 8.47. The summed E-state index contributed by atoms with van der Waals surface area (Å²) in [7, 11) is 0. The number of ketones is 1. The normalized spacial score (nSPS) is 16.9. The van der Waals surface area contributed by atoms with Crippen molar-refractivity contribution in [3.05, 3.63) is 59.4 Å². The Hall–Kier alpha value is -2.16. The number of unbranched alkanes of at least 4 members (excludes halogenated alkanes) is 1. The highest BCUT2D eigenvalue weighted by molar-refractivity contribution is 6.00. The standard InChI is InChI=1S/C20H23NO2/c1-2-3-6-16-9-8-15-10-11-18(13-19(15)20(16)22)23-14-17-7-4-5-12-21-17/h4-5,7,10-13,16H,2-3,6,8-9,14H2,1H3. The van der Waals surface area contributed by atoms with Crippen molar-refractivity contribution in [2.45, 2.75) is 45.6 Å². The molecule has 3 nitrogen and oxygen atoms in total. The van der Waals surface area contributed by atoms with Gasteiger partial charge < -0.3 is 4.74 Å². The molecule has 2 aromatic rings. The Labute approximate surface area is 137 Å². The van der Waals surface area contributed by atoms with E-state index in [9.17, 15) is 4.79 Å². The van der Waals surface area contributed by atoms with Crippen molar-refractivity contribution in [1.29, 1.82) is 0 Å². The van der Waals surface area contributed by atoms with E-state index >= 15 is 0 Å². The largest absolute Gasteiger partial charge is 0.487 e. The molecular formula is C20H23NO2. The molecule has 1 aromatic heterocycles. The van der Waals surface area contributed by atoms with Crippen LogP contribution in [0.2, 0.25) is 0 Å². The molecular weight excluding hydrogens is 286 g/mol. The van der Waals surface area contributed by atoms with E-state index < -0.39 is 0 Å². The zero-order valence-corrected chi connectivity index (χ0v) is 13.6. The second kappa shape index (κ2) is 7.40. The first-order valence-electron chi connectivity index (χ1n) is 8.47. The fraction of sp³-hybridized carbons (Fsp3) is 0.400. The fourth-order valence-electron chi connectivity index (χ4n) is 3.14. The summed E-state index contributed by atoms with van der Waals surface area (Å²) in [6.07, 6.45) is 7.02. The molecule has 1 heterocycles. The molecule has 0 fully saturated rings. The number of pyridine rings is 1. The van der Waals surface area contributed by atoms with E-state index in [1.165, 1.54) is 0 Å². The quantitative estimate of drug-likeness (QED) is 0.783. The Morgan fingerprint density at radius 1 is 1.26 bits per heavy atom. The Kier molecular flexibility index (Phi) is 5.06. The molecule has 0 amide bonds. The lowest BCUT2D eigenvalue weighted by Crippen LogP contribution is -2.22. The number of carbonyl (C=O) groups is 1. The average molecular weight is 309 g/mol. The molecule has 1 aliphatic carbocycles. The van der Waals surface area contributed by atoms with Crippen LogP contribution in [0.4, 0.5) is 0 Å². The summed E-state index contributed by atoms with van der Waals surface area (Å²) in [5.74, 6) is 1.23. The fourth-order valence-corrected chi connectivity index (χ4v) is 3.14. The van der Waals surface area contributed by atoms with Crippen LogP contribution < -0.4 is 4.74 Å². The Morgan fingerprint density at radius 3 is 2.96 bits per heavy atom. The number of aryl methyl sites for hydroxylation is 1. The lowest BCUT2D eigenvalue weighted by molar-refractivity contribution is 0.0892. The Morgan fingerprint density at radius 2 is 2.17 bits per heavy atom. The van der Waals surface area contributed by atoms with Crippen molar-refractivity contribution in [3.63, 3.8) is 0 Å². The van der Waals surface area contributed by atoms with Crippen molar-refractivity contribution in [2.24, 2.45) is 5.92 Å². The summed E-state index contributed by atoms with van der Waals surface area (Å²) in [4.78, 5) is 16.9. The van der Waals surface area contributed by atoms with Crippen LogP contribution in [0, 0.1) is 5.92 Å². The van der Waals surface area contributed by atoms with Crippen molar-refractivity contribution in [1.82, 2.24) is 4.98 Å². The number of carbonyl (C=O) groups excluding carboxylic acids is 1. The topological polar surface area (TPSA) is 39.2 Å². The summed E-state index contributed by atoms with van der Waals surface area (Å²) in [5, 5.41) is 0. The van der Waals surface area contributed by atoms with Crippen molar-refractivity contribution in [2.75, 3.05) is 0 Å². The van der Waals surface area contributed by atoms with Crippen molar-refractivity contribution < 1.29 is 9.53 Å². The van der Waals surface area contributed by atoms with Gasteiger partial charge >= 0.3 is 0 Å². The molecule has 3 rings (SSSR count). The maximum Gasteiger partial charge on any atom is 0.166 e. The number of benzene rings is 1. The van der Waals surface area contributed by atoms with E-state index in [4.69, 9.17) is 4.74 Å². The van der Waals surface area contributed by atoms with E-state index in [0.717, 1.165) is 54.7 Å². The molecule has 23 heavy (non-hydrogen) atoms. The molecule has 0 spiro atoms. The van der Waals surface area contributed by atoms with E-state index in [2.05, 4.69) is 11.9 Å². The van der Waals surface area contributed by atoms with Crippen LogP contribution in [0.5, 0.6) is 5.75 Å². The zero-order valence-electron chi connectivity index (χ0n) is 13.6. The third kappa shape index (κ3) is 3.79. The van der Waals surface area contributed by atoms with Gasteiger partial charge in [-0.05, 0) is 49.1 Å². The number of ether oxygens (including phenoxy) is 1. The van der Waals surface area contributed by atoms with Gasteiger partial charge in [-0.1, -0.05) is 31.9 Å². The van der Waals surface area contributed by atoms with Crippen LogP contribution in [0.1, 0.15) is 54.2 Å². The molecule has 0 bridgehead atoms. The molecule has 120 valence electrons. The Balaban J connectivity index is 1.71. The van der Waals surface area contributed by atoms with Gasteiger partial charge in [0.25, 0.3) is 0 Å². The molecule has 0 saturated carbocycles. The predicted molar refractivity (Wildman–Crippen MR) is 90.7 cm³/mol. The SMILES string of the molecule is CCCCC1CCc2ccc(OCc3ccccn3)cc2C1=O. The van der Waals surface area contributed by atoms with Gasteiger partial charge in [0.1, 0.15) is 12.4 Å². The highest BCUT2D eigenvalue weighted by Gasteiger charge is 2.27. The maximum absolute atomic E-state index is 12.7. The van der Waals surface area contributed by atoms with Crippen LogP contribution in [0.15, 0.2) is 42.6 Å². The molecule has 0 saturated heterocycles. The van der Waals surface area contributed by atoms with Crippen molar-refractivity contribution >= 4 is 5.78 Å². The molecule has 1 aromatic carbocycles. The third-order valence-corrected chi connectivity index (χ3v) is 4.50. The van der Waals surface area contributed by atoms with Gasteiger partial charge in [-0.3, -0.25) is 9.78 Å². The second-order valence-corrected chi connectivity index (χ2v) is 6.17. The smallest absolute Gasteiger partial charge is 0.166 e. The molecule has 1 unspecified atom stereocenters. The van der Waals surface area contributed by atoms with Crippen LogP contribution in [0.3, 0.4) is 0 Å². The maximum atomic E-state index is 12.7. The van der Waals surface area contributed by atoms with Gasteiger partial charge in [-0.15, -0.1) is 0 Å². The molecule has 0 N–H and O–H groups in total. The van der Waals surface area contributed by atoms with Gasteiger partial charge in [-0.2, -0.15) is 0 Å². The molecule has 1 aliphatic rings. The minimum atomic E-state index is 0.188. The van der Waals surface area contributed by atoms with Crippen LogP contribution >= 0.6 is 0 Å². The summed E-state index contributed by atoms with van der Waals surface area (Å²) in [5.41, 5.74) is 2.90. The first-order chi connectivity index (χ1) is 11.3. The minimum absolute atomic E-state index is 0.188. The summed E-state index contributed by atoms with van der Waals surface area (Å²) < 4.78 is 5.81. The van der Waals surface area contributed by atoms with Crippen LogP contribution in [-0.2, 0) is 13.0 Å². The van der Waals surface area contributed by atoms with Gasteiger partial charge in [0, 0.05) is 17.7 Å². The summed E-state index contributed by atoms with van der Waals surface area (Å²) in [6, 6.07) is 11.7. The number of hydrogen-bond donors (Lipinski definition) is 0. The Bertz CT molecular complexity index is 667. The second-order valence-electron chi connectivity index (χ2n) is 6.17. The van der Waals surface area contributed by atoms with E-state index in [1.54, 1.807) is 6.20 Å². The predicted octanol–water partition coefficient (Wildman–Crippen LogP) is 4.60. The lowest BCUT2D eigenvalue weighted by Gasteiger charge is -2.23. The van der Waals surface area contributed by atoms with Gasteiger partial charge in [0.2, 0.25) is 0 Å².